The molecule has 0 saturated heterocycles. The third-order valence-corrected chi connectivity index (χ3v) is 5.02. The van der Waals surface area contributed by atoms with Crippen LogP contribution in [0.5, 0.6) is 5.75 Å². The summed E-state index contributed by atoms with van der Waals surface area (Å²) >= 11 is 0. The van der Waals surface area contributed by atoms with Crippen LogP contribution in [0.15, 0.2) is 54.1 Å². The number of carboxylic acid groups (broad SMARTS) is 1. The summed E-state index contributed by atoms with van der Waals surface area (Å²) < 4.78 is 5.31. The molecule has 0 aliphatic carbocycles. The molecule has 2 aromatic carbocycles. The summed E-state index contributed by atoms with van der Waals surface area (Å²) in [7, 11) is 0. The summed E-state index contributed by atoms with van der Waals surface area (Å²) in [6, 6.07) is 11.2. The van der Waals surface area contributed by atoms with Crippen molar-refractivity contribution in [1.29, 1.82) is 5.41 Å². The van der Waals surface area contributed by atoms with Gasteiger partial charge in [0.15, 0.2) is 0 Å². The number of amides is 2. The summed E-state index contributed by atoms with van der Waals surface area (Å²) in [6.07, 6.45) is 3.82. The quantitative estimate of drug-likeness (QED) is 0.101. The molecule has 10 heteroatoms. The molecule has 0 heterocycles. The average molecular weight is 511 g/mol. The van der Waals surface area contributed by atoms with Crippen molar-refractivity contribution in [3.05, 3.63) is 70.8 Å². The van der Waals surface area contributed by atoms with Crippen molar-refractivity contribution in [2.45, 2.75) is 52.5 Å². The highest BCUT2D eigenvalue weighted by atomic mass is 16.5. The number of unbranched alkanes of at least 4 members (excludes halogenated alkanes) is 1. The number of hydrogen-bond acceptors (Lipinski definition) is 6. The maximum atomic E-state index is 12.5. The van der Waals surface area contributed by atoms with E-state index in [2.05, 4.69) is 19.2 Å². The van der Waals surface area contributed by atoms with Crippen molar-refractivity contribution in [3.63, 3.8) is 0 Å². The highest BCUT2D eigenvalue weighted by Gasteiger charge is 2.21. The second-order valence-electron chi connectivity index (χ2n) is 8.15. The Balaban J connectivity index is 0.00000159. The van der Waals surface area contributed by atoms with Gasteiger partial charge < -0.3 is 26.6 Å². The highest BCUT2D eigenvalue weighted by molar-refractivity contribution is 6.00. The van der Waals surface area contributed by atoms with E-state index in [9.17, 15) is 24.3 Å². The lowest BCUT2D eigenvalue weighted by Crippen LogP contribution is -2.41. The summed E-state index contributed by atoms with van der Waals surface area (Å²) in [6.45, 7) is 5.85. The molecule has 10 nitrogen and oxygen atoms in total. The number of hydrogen-bond donors (Lipinski definition) is 5. The van der Waals surface area contributed by atoms with Crippen LogP contribution >= 0.6 is 0 Å². The maximum Gasteiger partial charge on any atom is 0.343 e. The first kappa shape index (κ1) is 30.6. The molecule has 0 aromatic heterocycles. The van der Waals surface area contributed by atoms with Crippen LogP contribution in [0.25, 0.3) is 6.08 Å². The van der Waals surface area contributed by atoms with Crippen LogP contribution in [-0.4, -0.2) is 40.7 Å². The zero-order valence-electron chi connectivity index (χ0n) is 21.2. The van der Waals surface area contributed by atoms with E-state index in [0.717, 1.165) is 0 Å². The minimum atomic E-state index is -1.28. The molecule has 0 fully saturated rings. The number of benzene rings is 2. The molecule has 0 unspecified atom stereocenters. The molecular weight excluding hydrogens is 476 g/mol. The molecule has 0 saturated carbocycles. The summed E-state index contributed by atoms with van der Waals surface area (Å²) in [5.41, 5.74) is 11.9. The highest BCUT2D eigenvalue weighted by Crippen LogP contribution is 2.16. The molecule has 2 rings (SSSR count). The van der Waals surface area contributed by atoms with Gasteiger partial charge in [0.1, 0.15) is 17.6 Å². The molecule has 0 aliphatic rings. The number of aliphatic carboxylic acids is 1. The van der Waals surface area contributed by atoms with E-state index in [4.69, 9.17) is 21.6 Å². The summed E-state index contributed by atoms with van der Waals surface area (Å²) in [5, 5.41) is 18.9. The lowest BCUT2D eigenvalue weighted by atomic mass is 10.1. The predicted octanol–water partition coefficient (Wildman–Crippen LogP) is 3.23. The zero-order valence-corrected chi connectivity index (χ0v) is 21.2. The van der Waals surface area contributed by atoms with Crippen LogP contribution in [0, 0.1) is 5.41 Å². The number of carbonyl (C=O) groups excluding carboxylic acids is 3. The fraction of sp³-hybridized carbons (Fsp3) is 0.296. The van der Waals surface area contributed by atoms with Gasteiger partial charge in [-0.1, -0.05) is 38.8 Å². The van der Waals surface area contributed by atoms with Gasteiger partial charge in [0.05, 0.1) is 5.56 Å². The van der Waals surface area contributed by atoms with E-state index in [1.165, 1.54) is 44.0 Å². The van der Waals surface area contributed by atoms with Gasteiger partial charge in [0.25, 0.3) is 0 Å². The molecule has 1 atom stereocenters. The number of rotatable bonds is 11. The van der Waals surface area contributed by atoms with E-state index in [0.29, 0.717) is 11.1 Å². The van der Waals surface area contributed by atoms with Crippen LogP contribution in [0.3, 0.4) is 0 Å². The van der Waals surface area contributed by atoms with Crippen molar-refractivity contribution in [2.75, 3.05) is 0 Å². The van der Waals surface area contributed by atoms with E-state index in [1.807, 2.05) is 0 Å². The van der Waals surface area contributed by atoms with Crippen LogP contribution < -0.4 is 21.5 Å². The van der Waals surface area contributed by atoms with Gasteiger partial charge in [0, 0.05) is 17.6 Å². The lowest BCUT2D eigenvalue weighted by molar-refractivity contribution is -0.141. The second kappa shape index (κ2) is 15.5. The van der Waals surface area contributed by atoms with Crippen LogP contribution in [0.1, 0.15) is 67.9 Å². The number of carbonyl (C=O) groups is 4. The predicted molar refractivity (Wildman–Crippen MR) is 141 cm³/mol. The molecule has 0 bridgehead atoms. The SMILES string of the molecule is C/C(=C\c1cccc(C(=O)Oc2ccc(C(=N)N)cc2)c1)C(=O)N[C@@H](CCC(N)=O)C(=O)O.CCCC. The number of nitrogen functional groups attached to an aromatic ring is 1. The Morgan fingerprint density at radius 3 is 2.16 bits per heavy atom. The van der Waals surface area contributed by atoms with Crippen LogP contribution in [0.2, 0.25) is 0 Å². The monoisotopic (exact) mass is 510 g/mol. The topological polar surface area (TPSA) is 186 Å². The van der Waals surface area contributed by atoms with Gasteiger partial charge in [-0.2, -0.15) is 0 Å². The summed E-state index contributed by atoms with van der Waals surface area (Å²) in [4.78, 5) is 47.0. The van der Waals surface area contributed by atoms with Gasteiger partial charge >= 0.3 is 11.9 Å². The Bertz CT molecular complexity index is 1140. The Morgan fingerprint density at radius 2 is 1.65 bits per heavy atom. The van der Waals surface area contributed by atoms with Crippen molar-refractivity contribution in [2.24, 2.45) is 11.5 Å². The number of nitrogens with two attached hydrogens (primary N) is 2. The average Bonchev–Trinajstić information content (AvgIpc) is 2.86. The molecule has 37 heavy (non-hydrogen) atoms. The van der Waals surface area contributed by atoms with Gasteiger partial charge in [0.2, 0.25) is 11.8 Å². The normalized spacial score (nSPS) is 11.4. The molecule has 7 N–H and O–H groups in total. The number of primary amides is 1. The van der Waals surface area contributed by atoms with Gasteiger partial charge in [-0.25, -0.2) is 9.59 Å². The fourth-order valence-electron chi connectivity index (χ4n) is 2.76. The van der Waals surface area contributed by atoms with Crippen molar-refractivity contribution in [1.82, 2.24) is 5.32 Å². The van der Waals surface area contributed by atoms with E-state index >= 15 is 0 Å². The Labute approximate surface area is 216 Å². The van der Waals surface area contributed by atoms with Crippen molar-refractivity contribution < 1.29 is 29.0 Å². The van der Waals surface area contributed by atoms with Gasteiger partial charge in [-0.05, 0) is 61.4 Å². The maximum absolute atomic E-state index is 12.5. The Hall–Kier alpha value is -4.47. The number of esters is 1. The van der Waals surface area contributed by atoms with Crippen molar-refractivity contribution in [3.8, 4) is 5.75 Å². The first-order valence-electron chi connectivity index (χ1n) is 11.7. The Kier molecular flexibility index (Phi) is 12.8. The first-order valence-corrected chi connectivity index (χ1v) is 11.7. The lowest BCUT2D eigenvalue weighted by Gasteiger charge is -2.14. The number of carboxylic acids is 1. The zero-order chi connectivity index (χ0) is 28.0. The molecule has 2 amide bonds. The van der Waals surface area contributed by atoms with E-state index in [-0.39, 0.29) is 35.6 Å². The molecule has 0 spiro atoms. The smallest absolute Gasteiger partial charge is 0.343 e. The second-order valence-corrected chi connectivity index (χ2v) is 8.15. The largest absolute Gasteiger partial charge is 0.480 e. The molecular formula is C27H34N4O6. The molecule has 2 aromatic rings. The van der Waals surface area contributed by atoms with Crippen molar-refractivity contribution >= 4 is 35.7 Å². The standard InChI is InChI=1S/C23H24N4O6.C4H10/c1-13(21(29)27-18(22(30)31)9-10-19(24)28)11-14-3-2-4-16(12-14)23(32)33-17-7-5-15(6-8-17)20(25)26;1-3-4-2/h2-8,11-12,18H,9-10H2,1H3,(H2,24,28)(H3,25,26)(H,27,29)(H,30,31);3-4H2,1-2H3/b13-11+;/t18-;/m0./s1. The van der Waals surface area contributed by atoms with E-state index < -0.39 is 29.8 Å². The summed E-state index contributed by atoms with van der Waals surface area (Å²) in [5.74, 6) is -3.03. The minimum Gasteiger partial charge on any atom is -0.480 e. The Morgan fingerprint density at radius 1 is 1.03 bits per heavy atom. The third kappa shape index (κ3) is 11.2. The van der Waals surface area contributed by atoms with Crippen LogP contribution in [-0.2, 0) is 14.4 Å². The molecule has 0 radical (unpaired) electrons. The number of amidine groups is 1. The van der Waals surface area contributed by atoms with Gasteiger partial charge in [-0.15, -0.1) is 0 Å². The van der Waals surface area contributed by atoms with Crippen LogP contribution in [0.4, 0.5) is 0 Å². The first-order chi connectivity index (χ1) is 17.5. The fourth-order valence-corrected chi connectivity index (χ4v) is 2.76. The number of ether oxygens (including phenoxy) is 1. The molecule has 198 valence electrons. The van der Waals surface area contributed by atoms with Gasteiger partial charge in [-0.3, -0.25) is 15.0 Å². The number of nitrogens with one attached hydrogen (secondary N) is 2. The molecule has 0 aliphatic heterocycles. The third-order valence-electron chi connectivity index (χ3n) is 5.02. The van der Waals surface area contributed by atoms with E-state index in [1.54, 1.807) is 30.3 Å². The minimum absolute atomic E-state index is 0.102.